The summed E-state index contributed by atoms with van der Waals surface area (Å²) in [6, 6.07) is 6.99. The molecule has 10 heteroatoms. The summed E-state index contributed by atoms with van der Waals surface area (Å²) in [6.07, 6.45) is -4.95. The summed E-state index contributed by atoms with van der Waals surface area (Å²) in [5.41, 5.74) is -0.553. The number of carbonyl (C=O) groups excluding carboxylic acids is 1. The normalized spacial score (nSPS) is 13.9. The van der Waals surface area contributed by atoms with Crippen LogP contribution in [0.5, 0.6) is 11.5 Å². The topological polar surface area (TPSA) is 82.5 Å². The molecule has 1 amide bonds. The number of fused-ring (bicyclic) bond motifs is 2. The number of rotatable bonds is 4. The molecule has 0 bridgehead atoms. The van der Waals surface area contributed by atoms with Gasteiger partial charge in [-0.3, -0.25) is 14.2 Å². The van der Waals surface area contributed by atoms with Gasteiger partial charge in [0.15, 0.2) is 11.5 Å². The molecule has 2 aromatic carbocycles. The highest BCUT2D eigenvalue weighted by Gasteiger charge is 2.38. The van der Waals surface area contributed by atoms with Gasteiger partial charge in [-0.25, -0.2) is 4.98 Å². The Balaban J connectivity index is 1.69. The number of hydrogen-bond acceptors (Lipinski definition) is 5. The van der Waals surface area contributed by atoms with Crippen molar-refractivity contribution in [3.8, 4) is 11.5 Å². The zero-order valence-corrected chi connectivity index (χ0v) is 17.5. The molecular formula is C22H20F3N3O4. The molecule has 0 aliphatic carbocycles. The van der Waals surface area contributed by atoms with Gasteiger partial charge in [-0.05, 0) is 61.7 Å². The van der Waals surface area contributed by atoms with E-state index in [1.807, 2.05) is 0 Å². The molecular weight excluding hydrogens is 427 g/mol. The number of nitrogens with one attached hydrogen (secondary N) is 1. The van der Waals surface area contributed by atoms with Crippen LogP contribution in [0.2, 0.25) is 0 Å². The Morgan fingerprint density at radius 2 is 1.84 bits per heavy atom. The Labute approximate surface area is 180 Å². The molecule has 1 aromatic heterocycles. The number of alkyl halides is 3. The summed E-state index contributed by atoms with van der Waals surface area (Å²) < 4.78 is 51.8. The third-order valence-electron chi connectivity index (χ3n) is 5.44. The summed E-state index contributed by atoms with van der Waals surface area (Å²) in [6.45, 7) is 5.10. The number of carbonyl (C=O) groups is 1. The molecule has 3 aromatic rings. The minimum absolute atomic E-state index is 0.00422. The average molecular weight is 447 g/mol. The van der Waals surface area contributed by atoms with Gasteiger partial charge < -0.3 is 14.8 Å². The molecule has 1 N–H and O–H groups in total. The fourth-order valence-electron chi connectivity index (χ4n) is 3.53. The van der Waals surface area contributed by atoms with E-state index in [1.165, 1.54) is 13.0 Å². The van der Waals surface area contributed by atoms with Crippen molar-refractivity contribution in [3.05, 3.63) is 63.1 Å². The number of halogens is 3. The van der Waals surface area contributed by atoms with Crippen LogP contribution >= 0.6 is 0 Å². The van der Waals surface area contributed by atoms with Crippen LogP contribution in [0, 0.1) is 13.8 Å². The lowest BCUT2D eigenvalue weighted by Gasteiger charge is -2.20. The summed E-state index contributed by atoms with van der Waals surface area (Å²) in [5, 5.41) is 2.67. The molecule has 1 atom stereocenters. The Bertz CT molecular complexity index is 1280. The Morgan fingerprint density at radius 1 is 1.16 bits per heavy atom. The number of amides is 1. The van der Waals surface area contributed by atoms with Crippen molar-refractivity contribution in [2.45, 2.75) is 39.5 Å². The molecule has 168 valence electrons. The standard InChI is InChI=1S/C22H20F3N3O4/c1-11-6-15-16(7-12(11)2)28(21(30)19(27-15)22(23,24)25)13(3)20(29)26-9-14-4-5-17-18(8-14)32-10-31-17/h4-8,13H,9-10H2,1-3H3,(H,26,29). The summed E-state index contributed by atoms with van der Waals surface area (Å²) >= 11 is 0. The van der Waals surface area contributed by atoms with Crippen molar-refractivity contribution in [2.24, 2.45) is 0 Å². The van der Waals surface area contributed by atoms with Crippen molar-refractivity contribution in [1.82, 2.24) is 14.9 Å². The van der Waals surface area contributed by atoms with Crippen LogP contribution in [0.3, 0.4) is 0 Å². The van der Waals surface area contributed by atoms with E-state index in [1.54, 1.807) is 38.1 Å². The SMILES string of the molecule is Cc1cc2nc(C(F)(F)F)c(=O)n(C(C)C(=O)NCc3ccc4c(c3)OCO4)c2cc1C. The Morgan fingerprint density at radius 3 is 2.56 bits per heavy atom. The van der Waals surface area contributed by atoms with Crippen molar-refractivity contribution in [3.63, 3.8) is 0 Å². The Hall–Kier alpha value is -3.56. The number of benzene rings is 2. The largest absolute Gasteiger partial charge is 0.454 e. The number of aryl methyl sites for hydroxylation is 2. The van der Waals surface area contributed by atoms with Gasteiger partial charge in [-0.15, -0.1) is 0 Å². The molecule has 0 saturated heterocycles. The number of ether oxygens (including phenoxy) is 2. The van der Waals surface area contributed by atoms with Crippen LogP contribution in [0.1, 0.15) is 35.3 Å². The van der Waals surface area contributed by atoms with Crippen LogP contribution in [-0.2, 0) is 17.5 Å². The Kier molecular flexibility index (Phi) is 5.31. The summed E-state index contributed by atoms with van der Waals surface area (Å²) in [5.74, 6) is 0.527. The van der Waals surface area contributed by atoms with Gasteiger partial charge in [-0.2, -0.15) is 13.2 Å². The number of aromatic nitrogens is 2. The van der Waals surface area contributed by atoms with Crippen LogP contribution in [0.4, 0.5) is 13.2 Å². The van der Waals surface area contributed by atoms with Gasteiger partial charge in [-0.1, -0.05) is 6.07 Å². The minimum atomic E-state index is -4.95. The summed E-state index contributed by atoms with van der Waals surface area (Å²) in [4.78, 5) is 29.1. The van der Waals surface area contributed by atoms with Crippen LogP contribution in [-0.4, -0.2) is 22.3 Å². The van der Waals surface area contributed by atoms with Crippen molar-refractivity contribution >= 4 is 16.9 Å². The van der Waals surface area contributed by atoms with E-state index in [2.05, 4.69) is 10.3 Å². The highest BCUT2D eigenvalue weighted by molar-refractivity contribution is 5.84. The third kappa shape index (κ3) is 3.88. The van der Waals surface area contributed by atoms with Gasteiger partial charge in [0.1, 0.15) is 6.04 Å². The molecule has 0 fully saturated rings. The molecule has 4 rings (SSSR count). The van der Waals surface area contributed by atoms with Gasteiger partial charge in [0, 0.05) is 6.54 Å². The van der Waals surface area contributed by atoms with E-state index < -0.39 is 29.4 Å². The van der Waals surface area contributed by atoms with Crippen LogP contribution in [0.15, 0.2) is 35.1 Å². The first kappa shape index (κ1) is 21.7. The maximum absolute atomic E-state index is 13.5. The van der Waals surface area contributed by atoms with Gasteiger partial charge >= 0.3 is 6.18 Å². The van der Waals surface area contributed by atoms with Crippen molar-refractivity contribution in [1.29, 1.82) is 0 Å². The maximum atomic E-state index is 13.5. The zero-order chi connectivity index (χ0) is 23.2. The van der Waals surface area contributed by atoms with Crippen LogP contribution < -0.4 is 20.3 Å². The van der Waals surface area contributed by atoms with Gasteiger partial charge in [0.2, 0.25) is 18.4 Å². The second kappa shape index (κ2) is 7.85. The lowest BCUT2D eigenvalue weighted by atomic mass is 10.1. The first-order chi connectivity index (χ1) is 15.1. The highest BCUT2D eigenvalue weighted by atomic mass is 19.4. The second-order valence-corrected chi connectivity index (χ2v) is 7.64. The molecule has 7 nitrogen and oxygen atoms in total. The van der Waals surface area contributed by atoms with E-state index in [-0.39, 0.29) is 24.4 Å². The number of nitrogens with zero attached hydrogens (tertiary/aromatic N) is 2. The number of hydrogen-bond donors (Lipinski definition) is 1. The molecule has 0 saturated carbocycles. The minimum Gasteiger partial charge on any atom is -0.454 e. The molecule has 1 aliphatic heterocycles. The molecule has 0 spiro atoms. The van der Waals surface area contributed by atoms with Gasteiger partial charge in [0.05, 0.1) is 11.0 Å². The van der Waals surface area contributed by atoms with E-state index in [0.717, 1.165) is 15.7 Å². The zero-order valence-electron chi connectivity index (χ0n) is 17.5. The van der Waals surface area contributed by atoms with E-state index in [0.29, 0.717) is 17.1 Å². The lowest BCUT2D eigenvalue weighted by Crippen LogP contribution is -2.39. The molecule has 1 aliphatic rings. The maximum Gasteiger partial charge on any atom is 0.438 e. The molecule has 32 heavy (non-hydrogen) atoms. The average Bonchev–Trinajstić information content (AvgIpc) is 3.19. The molecule has 1 unspecified atom stereocenters. The predicted molar refractivity (Wildman–Crippen MR) is 110 cm³/mol. The first-order valence-electron chi connectivity index (χ1n) is 9.83. The van der Waals surface area contributed by atoms with E-state index in [4.69, 9.17) is 9.47 Å². The molecule has 0 radical (unpaired) electrons. The predicted octanol–water partition coefficient (Wildman–Crippen LogP) is 3.64. The van der Waals surface area contributed by atoms with E-state index >= 15 is 0 Å². The van der Waals surface area contributed by atoms with Gasteiger partial charge in [0.25, 0.3) is 5.56 Å². The van der Waals surface area contributed by atoms with E-state index in [9.17, 15) is 22.8 Å². The fraction of sp³-hybridized carbons (Fsp3) is 0.318. The smallest absolute Gasteiger partial charge is 0.438 e. The summed E-state index contributed by atoms with van der Waals surface area (Å²) in [7, 11) is 0. The first-order valence-corrected chi connectivity index (χ1v) is 9.83. The van der Waals surface area contributed by atoms with Crippen molar-refractivity contribution in [2.75, 3.05) is 6.79 Å². The quantitative estimate of drug-likeness (QED) is 0.661. The monoisotopic (exact) mass is 447 g/mol. The highest BCUT2D eigenvalue weighted by Crippen LogP contribution is 2.32. The van der Waals surface area contributed by atoms with Crippen molar-refractivity contribution < 1.29 is 27.4 Å². The third-order valence-corrected chi connectivity index (χ3v) is 5.44. The lowest BCUT2D eigenvalue weighted by molar-refractivity contribution is -0.142. The molecule has 2 heterocycles. The van der Waals surface area contributed by atoms with Crippen LogP contribution in [0.25, 0.3) is 11.0 Å². The second-order valence-electron chi connectivity index (χ2n) is 7.64. The fourth-order valence-corrected chi connectivity index (χ4v) is 3.53.